The molecule has 2 amide bonds. The molecule has 0 aliphatic carbocycles. The van der Waals surface area contributed by atoms with Crippen LogP contribution in [-0.2, 0) is 7.05 Å². The van der Waals surface area contributed by atoms with E-state index in [0.717, 1.165) is 5.69 Å². The SMILES string of the molecule is Cc1cc(NC(=O)Nc2ccc3c(c2)OCO3)nn1C. The van der Waals surface area contributed by atoms with Crippen LogP contribution in [0, 0.1) is 6.92 Å². The summed E-state index contributed by atoms with van der Waals surface area (Å²) < 4.78 is 12.1. The summed E-state index contributed by atoms with van der Waals surface area (Å²) in [6.45, 7) is 2.12. The molecule has 0 bridgehead atoms. The fraction of sp³-hybridized carbons (Fsp3) is 0.231. The predicted octanol–water partition coefficient (Wildman–Crippen LogP) is 2.10. The number of benzene rings is 1. The molecule has 0 radical (unpaired) electrons. The Morgan fingerprint density at radius 2 is 2.05 bits per heavy atom. The van der Waals surface area contributed by atoms with Gasteiger partial charge in [-0.1, -0.05) is 0 Å². The number of fused-ring (bicyclic) bond motifs is 1. The molecule has 0 fully saturated rings. The third-order valence-corrected chi connectivity index (χ3v) is 2.99. The van der Waals surface area contributed by atoms with Crippen LogP contribution >= 0.6 is 0 Å². The molecular formula is C13H14N4O3. The number of urea groups is 1. The molecule has 104 valence electrons. The minimum Gasteiger partial charge on any atom is -0.454 e. The van der Waals surface area contributed by atoms with Crippen molar-refractivity contribution in [3.8, 4) is 11.5 Å². The highest BCUT2D eigenvalue weighted by molar-refractivity contribution is 5.99. The van der Waals surface area contributed by atoms with E-state index in [4.69, 9.17) is 9.47 Å². The number of aryl methyl sites for hydroxylation is 2. The second kappa shape index (κ2) is 4.76. The van der Waals surface area contributed by atoms with Gasteiger partial charge in [-0.05, 0) is 19.1 Å². The molecule has 3 rings (SSSR count). The smallest absolute Gasteiger partial charge is 0.324 e. The molecular weight excluding hydrogens is 260 g/mol. The van der Waals surface area contributed by atoms with Crippen molar-refractivity contribution in [2.75, 3.05) is 17.4 Å². The van der Waals surface area contributed by atoms with Gasteiger partial charge in [-0.2, -0.15) is 5.10 Å². The number of ether oxygens (including phenoxy) is 2. The number of nitrogens with zero attached hydrogens (tertiary/aromatic N) is 2. The molecule has 1 aliphatic rings. The fourth-order valence-electron chi connectivity index (χ4n) is 1.87. The first-order valence-electron chi connectivity index (χ1n) is 6.10. The highest BCUT2D eigenvalue weighted by Gasteiger charge is 2.14. The Balaban J connectivity index is 1.67. The summed E-state index contributed by atoms with van der Waals surface area (Å²) in [5, 5.41) is 9.53. The molecule has 0 unspecified atom stereocenters. The van der Waals surface area contributed by atoms with Crippen molar-refractivity contribution in [1.29, 1.82) is 0 Å². The number of hydrogen-bond donors (Lipinski definition) is 2. The molecule has 0 saturated heterocycles. The van der Waals surface area contributed by atoms with Crippen molar-refractivity contribution in [2.45, 2.75) is 6.92 Å². The summed E-state index contributed by atoms with van der Waals surface area (Å²) >= 11 is 0. The first-order chi connectivity index (χ1) is 9.61. The number of nitrogens with one attached hydrogen (secondary N) is 2. The molecule has 0 spiro atoms. The summed E-state index contributed by atoms with van der Waals surface area (Å²) in [6.07, 6.45) is 0. The highest BCUT2D eigenvalue weighted by Crippen LogP contribution is 2.34. The Hall–Kier alpha value is -2.70. The number of carbonyl (C=O) groups is 1. The van der Waals surface area contributed by atoms with Crippen LogP contribution in [0.25, 0.3) is 0 Å². The van der Waals surface area contributed by atoms with E-state index in [-0.39, 0.29) is 12.8 Å². The van der Waals surface area contributed by atoms with E-state index in [2.05, 4.69) is 15.7 Å². The van der Waals surface area contributed by atoms with Gasteiger partial charge in [0, 0.05) is 30.6 Å². The van der Waals surface area contributed by atoms with E-state index in [0.29, 0.717) is 23.0 Å². The Morgan fingerprint density at radius 1 is 1.25 bits per heavy atom. The number of anilines is 2. The van der Waals surface area contributed by atoms with Crippen molar-refractivity contribution in [1.82, 2.24) is 9.78 Å². The van der Waals surface area contributed by atoms with Crippen LogP contribution in [0.4, 0.5) is 16.3 Å². The minimum atomic E-state index is -0.359. The van der Waals surface area contributed by atoms with Crippen molar-refractivity contribution in [2.24, 2.45) is 7.05 Å². The van der Waals surface area contributed by atoms with Gasteiger partial charge in [0.05, 0.1) is 0 Å². The van der Waals surface area contributed by atoms with Crippen LogP contribution in [0.5, 0.6) is 11.5 Å². The fourth-order valence-corrected chi connectivity index (χ4v) is 1.87. The lowest BCUT2D eigenvalue weighted by molar-refractivity contribution is 0.174. The van der Waals surface area contributed by atoms with Gasteiger partial charge >= 0.3 is 6.03 Å². The van der Waals surface area contributed by atoms with Crippen molar-refractivity contribution in [3.63, 3.8) is 0 Å². The van der Waals surface area contributed by atoms with Crippen molar-refractivity contribution >= 4 is 17.5 Å². The van der Waals surface area contributed by atoms with Gasteiger partial charge in [0.1, 0.15) is 0 Å². The van der Waals surface area contributed by atoms with E-state index in [9.17, 15) is 4.79 Å². The summed E-state index contributed by atoms with van der Waals surface area (Å²) in [7, 11) is 1.82. The standard InChI is InChI=1S/C13H14N4O3/c1-8-5-12(16-17(8)2)15-13(18)14-9-3-4-10-11(6-9)20-7-19-10/h3-6H,7H2,1-2H3,(H2,14,15,16,18). The molecule has 20 heavy (non-hydrogen) atoms. The van der Waals surface area contributed by atoms with Gasteiger partial charge < -0.3 is 14.8 Å². The molecule has 0 saturated carbocycles. The van der Waals surface area contributed by atoms with E-state index in [1.54, 1.807) is 28.9 Å². The van der Waals surface area contributed by atoms with Crippen LogP contribution in [0.15, 0.2) is 24.3 Å². The summed E-state index contributed by atoms with van der Waals surface area (Å²) in [5.41, 5.74) is 1.59. The second-order valence-corrected chi connectivity index (χ2v) is 4.44. The summed E-state index contributed by atoms with van der Waals surface area (Å²) in [4.78, 5) is 11.9. The van der Waals surface area contributed by atoms with Crippen LogP contribution in [0.2, 0.25) is 0 Å². The summed E-state index contributed by atoms with van der Waals surface area (Å²) in [5.74, 6) is 1.80. The molecule has 0 atom stereocenters. The average molecular weight is 274 g/mol. The molecule has 7 nitrogen and oxygen atoms in total. The maximum absolute atomic E-state index is 11.9. The van der Waals surface area contributed by atoms with Gasteiger partial charge in [0.25, 0.3) is 0 Å². The zero-order chi connectivity index (χ0) is 14.1. The highest BCUT2D eigenvalue weighted by atomic mass is 16.7. The van der Waals surface area contributed by atoms with Crippen LogP contribution in [0.3, 0.4) is 0 Å². The zero-order valence-electron chi connectivity index (χ0n) is 11.1. The van der Waals surface area contributed by atoms with E-state index in [1.165, 1.54) is 0 Å². The lowest BCUT2D eigenvalue weighted by Crippen LogP contribution is -2.19. The molecule has 2 aromatic rings. The predicted molar refractivity (Wildman–Crippen MR) is 73.2 cm³/mol. The monoisotopic (exact) mass is 274 g/mol. The topological polar surface area (TPSA) is 77.4 Å². The Bertz CT molecular complexity index is 646. The van der Waals surface area contributed by atoms with E-state index >= 15 is 0 Å². The number of carbonyl (C=O) groups excluding carboxylic acids is 1. The molecule has 2 N–H and O–H groups in total. The number of amides is 2. The second-order valence-electron chi connectivity index (χ2n) is 4.44. The normalized spacial score (nSPS) is 12.3. The van der Waals surface area contributed by atoms with Crippen LogP contribution < -0.4 is 20.1 Å². The van der Waals surface area contributed by atoms with E-state index < -0.39 is 0 Å². The summed E-state index contributed by atoms with van der Waals surface area (Å²) in [6, 6.07) is 6.65. The first kappa shape index (κ1) is 12.3. The number of hydrogen-bond acceptors (Lipinski definition) is 4. The van der Waals surface area contributed by atoms with Crippen LogP contribution in [-0.4, -0.2) is 22.6 Å². The van der Waals surface area contributed by atoms with E-state index in [1.807, 2.05) is 14.0 Å². The third-order valence-electron chi connectivity index (χ3n) is 2.99. The maximum Gasteiger partial charge on any atom is 0.324 e. The lowest BCUT2D eigenvalue weighted by Gasteiger charge is -2.06. The lowest BCUT2D eigenvalue weighted by atomic mass is 10.3. The average Bonchev–Trinajstić information content (AvgIpc) is 2.96. The molecule has 1 aliphatic heterocycles. The molecule has 2 heterocycles. The van der Waals surface area contributed by atoms with Gasteiger partial charge in [-0.3, -0.25) is 10.00 Å². The largest absolute Gasteiger partial charge is 0.454 e. The number of rotatable bonds is 2. The first-order valence-corrected chi connectivity index (χ1v) is 6.10. The molecule has 7 heteroatoms. The zero-order valence-corrected chi connectivity index (χ0v) is 11.1. The number of aromatic nitrogens is 2. The van der Waals surface area contributed by atoms with Gasteiger partial charge in [-0.15, -0.1) is 0 Å². The van der Waals surface area contributed by atoms with Crippen molar-refractivity contribution < 1.29 is 14.3 Å². The Kier molecular flexibility index (Phi) is 2.94. The third kappa shape index (κ3) is 2.37. The maximum atomic E-state index is 11.9. The minimum absolute atomic E-state index is 0.207. The quantitative estimate of drug-likeness (QED) is 0.879. The molecule has 1 aromatic heterocycles. The molecule has 1 aromatic carbocycles. The van der Waals surface area contributed by atoms with Gasteiger partial charge in [0.2, 0.25) is 6.79 Å². The Morgan fingerprint density at radius 3 is 2.80 bits per heavy atom. The van der Waals surface area contributed by atoms with Crippen LogP contribution in [0.1, 0.15) is 5.69 Å². The Labute approximate surface area is 115 Å². The van der Waals surface area contributed by atoms with Gasteiger partial charge in [-0.25, -0.2) is 4.79 Å². The van der Waals surface area contributed by atoms with Crippen molar-refractivity contribution in [3.05, 3.63) is 30.0 Å². The van der Waals surface area contributed by atoms with Gasteiger partial charge in [0.15, 0.2) is 17.3 Å².